The lowest BCUT2D eigenvalue weighted by Gasteiger charge is -2.28. The number of ether oxygens (including phenoxy) is 1. The summed E-state index contributed by atoms with van der Waals surface area (Å²) in [4.78, 5) is 26.1. The van der Waals surface area contributed by atoms with E-state index in [-0.39, 0.29) is 5.91 Å². The second-order valence-corrected chi connectivity index (χ2v) is 6.69. The van der Waals surface area contributed by atoms with E-state index in [1.807, 2.05) is 52.0 Å². The number of hydrogen-bond acceptors (Lipinski definition) is 3. The maximum atomic E-state index is 12.4. The minimum atomic E-state index is -0.558. The first-order valence-corrected chi connectivity index (χ1v) is 7.63. The van der Waals surface area contributed by atoms with Gasteiger partial charge >= 0.3 is 6.09 Å². The number of nitrogens with one attached hydrogen (secondary N) is 1. The zero-order chi connectivity index (χ0) is 16.3. The van der Waals surface area contributed by atoms with Crippen molar-refractivity contribution in [3.8, 4) is 0 Å². The van der Waals surface area contributed by atoms with E-state index in [1.165, 1.54) is 4.90 Å². The molecule has 0 radical (unpaired) electrons. The van der Waals surface area contributed by atoms with Crippen LogP contribution in [0.25, 0.3) is 0 Å². The van der Waals surface area contributed by atoms with E-state index in [4.69, 9.17) is 4.74 Å². The van der Waals surface area contributed by atoms with E-state index in [0.717, 1.165) is 17.7 Å². The van der Waals surface area contributed by atoms with Gasteiger partial charge in [0.15, 0.2) is 0 Å². The molecule has 5 heteroatoms. The number of carbonyl (C=O) groups is 2. The SMILES string of the molecule is Cc1ccc(NC(=O)[C@@H]2CCCN2C(=O)OC(C)(C)C)cc1. The Labute approximate surface area is 131 Å². The molecule has 1 N–H and O–H groups in total. The molecule has 1 aliphatic heterocycles. The smallest absolute Gasteiger partial charge is 0.410 e. The van der Waals surface area contributed by atoms with E-state index in [0.29, 0.717) is 13.0 Å². The van der Waals surface area contributed by atoms with Crippen molar-refractivity contribution in [1.82, 2.24) is 4.90 Å². The summed E-state index contributed by atoms with van der Waals surface area (Å²) in [7, 11) is 0. The summed E-state index contributed by atoms with van der Waals surface area (Å²) in [6.07, 6.45) is 1.05. The number of anilines is 1. The highest BCUT2D eigenvalue weighted by atomic mass is 16.6. The molecular weight excluding hydrogens is 280 g/mol. The van der Waals surface area contributed by atoms with Crippen LogP contribution in [0.4, 0.5) is 10.5 Å². The third-order valence-corrected chi connectivity index (χ3v) is 3.50. The molecule has 1 aromatic rings. The van der Waals surface area contributed by atoms with Gasteiger partial charge < -0.3 is 10.1 Å². The van der Waals surface area contributed by atoms with Crippen molar-refractivity contribution in [2.45, 2.75) is 52.2 Å². The molecule has 1 aliphatic rings. The summed E-state index contributed by atoms with van der Waals surface area (Å²) in [5, 5.41) is 2.87. The number of benzene rings is 1. The van der Waals surface area contributed by atoms with Crippen molar-refractivity contribution in [1.29, 1.82) is 0 Å². The Morgan fingerprint density at radius 2 is 1.86 bits per heavy atom. The van der Waals surface area contributed by atoms with Gasteiger partial charge in [-0.25, -0.2) is 4.79 Å². The van der Waals surface area contributed by atoms with Crippen LogP contribution in [0, 0.1) is 6.92 Å². The van der Waals surface area contributed by atoms with Gasteiger partial charge in [-0.15, -0.1) is 0 Å². The molecule has 22 heavy (non-hydrogen) atoms. The Balaban J connectivity index is 2.01. The number of hydrogen-bond donors (Lipinski definition) is 1. The molecule has 1 saturated heterocycles. The van der Waals surface area contributed by atoms with Crippen LogP contribution in [0.15, 0.2) is 24.3 Å². The molecule has 1 aromatic carbocycles. The first-order chi connectivity index (χ1) is 10.3. The van der Waals surface area contributed by atoms with Gasteiger partial charge in [0, 0.05) is 12.2 Å². The van der Waals surface area contributed by atoms with Gasteiger partial charge in [-0.05, 0) is 52.7 Å². The summed E-state index contributed by atoms with van der Waals surface area (Å²) in [6, 6.07) is 7.14. The molecule has 5 nitrogen and oxygen atoms in total. The molecule has 1 fully saturated rings. The second-order valence-electron chi connectivity index (χ2n) is 6.69. The Hall–Kier alpha value is -2.04. The zero-order valence-electron chi connectivity index (χ0n) is 13.7. The van der Waals surface area contributed by atoms with E-state index in [1.54, 1.807) is 0 Å². The van der Waals surface area contributed by atoms with E-state index in [9.17, 15) is 9.59 Å². The van der Waals surface area contributed by atoms with Crippen LogP contribution in [-0.4, -0.2) is 35.1 Å². The van der Waals surface area contributed by atoms with Gasteiger partial charge in [-0.2, -0.15) is 0 Å². The fourth-order valence-electron chi connectivity index (χ4n) is 2.44. The molecule has 0 aromatic heterocycles. The number of rotatable bonds is 2. The lowest BCUT2D eigenvalue weighted by Crippen LogP contribution is -2.45. The molecule has 1 atom stereocenters. The molecule has 1 heterocycles. The molecule has 120 valence electrons. The molecule has 2 amide bonds. The average molecular weight is 304 g/mol. The van der Waals surface area contributed by atoms with Gasteiger partial charge in [0.25, 0.3) is 0 Å². The third-order valence-electron chi connectivity index (χ3n) is 3.50. The fourth-order valence-corrected chi connectivity index (χ4v) is 2.44. The first-order valence-electron chi connectivity index (χ1n) is 7.63. The first kappa shape index (κ1) is 16.3. The van der Waals surface area contributed by atoms with Crippen LogP contribution >= 0.6 is 0 Å². The quantitative estimate of drug-likeness (QED) is 0.911. The Morgan fingerprint density at radius 3 is 2.45 bits per heavy atom. The fraction of sp³-hybridized carbons (Fsp3) is 0.529. The number of aryl methyl sites for hydroxylation is 1. The summed E-state index contributed by atoms with van der Waals surface area (Å²) in [6.45, 7) is 8.01. The average Bonchev–Trinajstić information content (AvgIpc) is 2.89. The predicted molar refractivity (Wildman–Crippen MR) is 85.8 cm³/mol. The highest BCUT2D eigenvalue weighted by Crippen LogP contribution is 2.22. The molecule has 0 aliphatic carbocycles. The van der Waals surface area contributed by atoms with Gasteiger partial charge in [0.1, 0.15) is 11.6 Å². The summed E-state index contributed by atoms with van der Waals surface area (Å²) >= 11 is 0. The molecule has 0 saturated carbocycles. The molecule has 0 bridgehead atoms. The van der Waals surface area contributed by atoms with Crippen molar-refractivity contribution in [3.63, 3.8) is 0 Å². The van der Waals surface area contributed by atoms with Crippen molar-refractivity contribution in [3.05, 3.63) is 29.8 Å². The van der Waals surface area contributed by atoms with Crippen molar-refractivity contribution in [2.24, 2.45) is 0 Å². The number of carbonyl (C=O) groups excluding carboxylic acids is 2. The summed E-state index contributed by atoms with van der Waals surface area (Å²) < 4.78 is 5.37. The van der Waals surface area contributed by atoms with Gasteiger partial charge in [-0.1, -0.05) is 17.7 Å². The predicted octanol–water partition coefficient (Wildman–Crippen LogP) is 3.33. The van der Waals surface area contributed by atoms with Gasteiger partial charge in [0.2, 0.25) is 5.91 Å². The van der Waals surface area contributed by atoms with Gasteiger partial charge in [0.05, 0.1) is 0 Å². The number of nitrogens with zero attached hydrogens (tertiary/aromatic N) is 1. The summed E-state index contributed by atoms with van der Waals surface area (Å²) in [5.74, 6) is -0.160. The normalized spacial score (nSPS) is 18.2. The minimum absolute atomic E-state index is 0.160. The third kappa shape index (κ3) is 4.23. The standard InChI is InChI=1S/C17H24N2O3/c1-12-7-9-13(10-8-12)18-15(20)14-6-5-11-19(14)16(21)22-17(2,3)4/h7-10,14H,5-6,11H2,1-4H3,(H,18,20)/t14-/m0/s1. The van der Waals surface area contributed by atoms with Crippen LogP contribution in [0.5, 0.6) is 0 Å². The number of amides is 2. The topological polar surface area (TPSA) is 58.6 Å². The Morgan fingerprint density at radius 1 is 1.23 bits per heavy atom. The van der Waals surface area contributed by atoms with Crippen LogP contribution in [0.1, 0.15) is 39.2 Å². The van der Waals surface area contributed by atoms with Gasteiger partial charge in [-0.3, -0.25) is 9.69 Å². The molecule has 2 rings (SSSR count). The van der Waals surface area contributed by atoms with E-state index < -0.39 is 17.7 Å². The largest absolute Gasteiger partial charge is 0.444 e. The van der Waals surface area contributed by atoms with Crippen molar-refractivity contribution >= 4 is 17.7 Å². The number of likely N-dealkylation sites (tertiary alicyclic amines) is 1. The highest BCUT2D eigenvalue weighted by molar-refractivity contribution is 5.96. The Kier molecular flexibility index (Phi) is 4.74. The zero-order valence-corrected chi connectivity index (χ0v) is 13.7. The minimum Gasteiger partial charge on any atom is -0.444 e. The van der Waals surface area contributed by atoms with Crippen LogP contribution in [0.3, 0.4) is 0 Å². The van der Waals surface area contributed by atoms with E-state index >= 15 is 0 Å². The lowest BCUT2D eigenvalue weighted by molar-refractivity contribution is -0.120. The summed E-state index contributed by atoms with van der Waals surface area (Å²) in [5.41, 5.74) is 1.32. The molecule has 0 spiro atoms. The van der Waals surface area contributed by atoms with Crippen LogP contribution < -0.4 is 5.32 Å². The second kappa shape index (κ2) is 6.38. The lowest BCUT2D eigenvalue weighted by atomic mass is 10.2. The maximum Gasteiger partial charge on any atom is 0.410 e. The van der Waals surface area contributed by atoms with Crippen LogP contribution in [-0.2, 0) is 9.53 Å². The Bertz CT molecular complexity index is 546. The monoisotopic (exact) mass is 304 g/mol. The molecular formula is C17H24N2O3. The van der Waals surface area contributed by atoms with E-state index in [2.05, 4.69) is 5.32 Å². The van der Waals surface area contributed by atoms with Crippen molar-refractivity contribution < 1.29 is 14.3 Å². The highest BCUT2D eigenvalue weighted by Gasteiger charge is 2.36. The maximum absolute atomic E-state index is 12.4. The van der Waals surface area contributed by atoms with Crippen molar-refractivity contribution in [2.75, 3.05) is 11.9 Å². The molecule has 0 unspecified atom stereocenters. The van der Waals surface area contributed by atoms with Crippen LogP contribution in [0.2, 0.25) is 0 Å².